The summed E-state index contributed by atoms with van der Waals surface area (Å²) in [6.07, 6.45) is 3.28. The van der Waals surface area contributed by atoms with Crippen LogP contribution in [0, 0.1) is 11.7 Å². The lowest BCUT2D eigenvalue weighted by atomic mass is 9.96. The molecule has 166 valence electrons. The van der Waals surface area contributed by atoms with E-state index in [1.807, 2.05) is 35.2 Å². The molecule has 0 spiro atoms. The second kappa shape index (κ2) is 9.96. The van der Waals surface area contributed by atoms with Crippen molar-refractivity contribution < 1.29 is 9.18 Å². The molecule has 8 heteroatoms. The van der Waals surface area contributed by atoms with Crippen molar-refractivity contribution in [3.8, 4) is 0 Å². The van der Waals surface area contributed by atoms with Crippen molar-refractivity contribution in [2.24, 2.45) is 5.92 Å². The molecule has 2 heterocycles. The van der Waals surface area contributed by atoms with E-state index >= 15 is 0 Å². The lowest BCUT2D eigenvalue weighted by Gasteiger charge is -2.33. The first-order valence-corrected chi connectivity index (χ1v) is 10.9. The third-order valence-electron chi connectivity index (χ3n) is 5.66. The summed E-state index contributed by atoms with van der Waals surface area (Å²) >= 11 is 6.04. The van der Waals surface area contributed by atoms with Crippen molar-refractivity contribution in [2.75, 3.05) is 18.0 Å². The molecule has 0 saturated carbocycles. The largest absolute Gasteiger partial charge is 0.369 e. The highest BCUT2D eigenvalue weighted by Crippen LogP contribution is 2.22. The third kappa shape index (κ3) is 5.34. The number of rotatable bonds is 6. The zero-order valence-corrected chi connectivity index (χ0v) is 18.3. The Bertz CT molecular complexity index is 1150. The number of hydrogen-bond acceptors (Lipinski definition) is 4. The van der Waals surface area contributed by atoms with Gasteiger partial charge in [-0.05, 0) is 36.1 Å². The number of halogens is 2. The molecule has 1 atom stereocenters. The molecule has 32 heavy (non-hydrogen) atoms. The number of aromatic nitrogens is 2. The number of amides is 1. The Morgan fingerprint density at radius 1 is 1.19 bits per heavy atom. The van der Waals surface area contributed by atoms with Gasteiger partial charge in [-0.3, -0.25) is 9.59 Å². The molecule has 6 nitrogen and oxygen atoms in total. The first kappa shape index (κ1) is 22.0. The average molecular weight is 455 g/mol. The second-order valence-electron chi connectivity index (χ2n) is 7.93. The van der Waals surface area contributed by atoms with Crippen LogP contribution >= 0.6 is 11.6 Å². The van der Waals surface area contributed by atoms with Gasteiger partial charge in [-0.15, -0.1) is 0 Å². The van der Waals surface area contributed by atoms with Crippen molar-refractivity contribution in [1.82, 2.24) is 15.1 Å². The van der Waals surface area contributed by atoms with Crippen LogP contribution in [0.5, 0.6) is 0 Å². The maximum atomic E-state index is 13.2. The van der Waals surface area contributed by atoms with Crippen LogP contribution in [0.25, 0.3) is 0 Å². The minimum atomic E-state index is -0.410. The maximum absolute atomic E-state index is 13.2. The monoisotopic (exact) mass is 454 g/mol. The first-order valence-electron chi connectivity index (χ1n) is 10.6. The van der Waals surface area contributed by atoms with Gasteiger partial charge in [-0.2, -0.15) is 5.10 Å². The van der Waals surface area contributed by atoms with E-state index in [1.165, 1.54) is 16.8 Å². The fraction of sp³-hybridized carbons (Fsp3) is 0.292. The fourth-order valence-corrected chi connectivity index (χ4v) is 4.12. The first-order chi connectivity index (χ1) is 15.5. The van der Waals surface area contributed by atoms with E-state index in [4.69, 9.17) is 11.6 Å². The van der Waals surface area contributed by atoms with Gasteiger partial charge in [-0.25, -0.2) is 9.07 Å². The van der Waals surface area contributed by atoms with E-state index in [-0.39, 0.29) is 29.0 Å². The van der Waals surface area contributed by atoms with Gasteiger partial charge in [0.15, 0.2) is 0 Å². The van der Waals surface area contributed by atoms with Crippen LogP contribution in [-0.2, 0) is 17.9 Å². The Kier molecular flexibility index (Phi) is 6.85. The van der Waals surface area contributed by atoms with Gasteiger partial charge >= 0.3 is 0 Å². The molecular weight excluding hydrogens is 431 g/mol. The molecule has 1 fully saturated rings. The van der Waals surface area contributed by atoms with Gasteiger partial charge in [0.25, 0.3) is 5.56 Å². The molecule has 1 aliphatic rings. The van der Waals surface area contributed by atoms with Gasteiger partial charge in [0.05, 0.1) is 24.3 Å². The molecule has 1 saturated heterocycles. The van der Waals surface area contributed by atoms with Crippen LogP contribution in [0.15, 0.2) is 65.6 Å². The van der Waals surface area contributed by atoms with Crippen molar-refractivity contribution in [3.63, 3.8) is 0 Å². The smallest absolute Gasteiger partial charge is 0.269 e. The van der Waals surface area contributed by atoms with Crippen molar-refractivity contribution in [1.29, 1.82) is 0 Å². The normalized spacial score (nSPS) is 16.1. The topological polar surface area (TPSA) is 67.2 Å². The summed E-state index contributed by atoms with van der Waals surface area (Å²) in [6.45, 7) is 1.92. The van der Waals surface area contributed by atoms with Crippen LogP contribution in [-0.4, -0.2) is 28.8 Å². The third-order valence-corrected chi connectivity index (χ3v) is 6.01. The van der Waals surface area contributed by atoms with Crippen molar-refractivity contribution in [3.05, 3.63) is 93.1 Å². The van der Waals surface area contributed by atoms with Gasteiger partial charge in [0, 0.05) is 30.7 Å². The number of carbonyl (C=O) groups is 1. The molecule has 0 bridgehead atoms. The number of piperidine rings is 1. The molecule has 0 unspecified atom stereocenters. The van der Waals surface area contributed by atoms with Gasteiger partial charge < -0.3 is 10.2 Å². The Balaban J connectivity index is 1.38. The number of hydrogen-bond donors (Lipinski definition) is 1. The highest BCUT2D eigenvalue weighted by atomic mass is 35.5. The zero-order chi connectivity index (χ0) is 22.5. The Morgan fingerprint density at radius 3 is 2.75 bits per heavy atom. The summed E-state index contributed by atoms with van der Waals surface area (Å²) in [5.41, 5.74) is 2.22. The van der Waals surface area contributed by atoms with Crippen LogP contribution in [0.1, 0.15) is 24.0 Å². The molecule has 4 rings (SSSR count). The number of nitrogens with zero attached hydrogens (tertiary/aromatic N) is 3. The Hall–Kier alpha value is -3.19. The molecule has 1 aromatic heterocycles. The highest BCUT2D eigenvalue weighted by Gasteiger charge is 2.26. The summed E-state index contributed by atoms with van der Waals surface area (Å²) in [5, 5.41) is 7.51. The SMILES string of the molecule is O=C(NCc1ccc(F)cc1Cl)[C@@H]1CCCN(c2cnn(Cc3ccccc3)c(=O)c2)C1. The minimum absolute atomic E-state index is 0.0829. The maximum Gasteiger partial charge on any atom is 0.269 e. The van der Waals surface area contributed by atoms with Gasteiger partial charge in [-0.1, -0.05) is 48.0 Å². The second-order valence-corrected chi connectivity index (χ2v) is 8.34. The van der Waals surface area contributed by atoms with Crippen LogP contribution in [0.2, 0.25) is 5.02 Å². The van der Waals surface area contributed by atoms with E-state index in [2.05, 4.69) is 10.4 Å². The molecule has 2 aromatic carbocycles. The summed E-state index contributed by atoms with van der Waals surface area (Å²) in [4.78, 5) is 27.3. The predicted octanol–water partition coefficient (Wildman–Crippen LogP) is 3.62. The van der Waals surface area contributed by atoms with Gasteiger partial charge in [0.2, 0.25) is 5.91 Å². The number of benzene rings is 2. The quantitative estimate of drug-likeness (QED) is 0.617. The van der Waals surface area contributed by atoms with E-state index in [0.29, 0.717) is 18.7 Å². The lowest BCUT2D eigenvalue weighted by molar-refractivity contribution is -0.125. The Labute approximate surface area is 190 Å². The Morgan fingerprint density at radius 2 is 2.00 bits per heavy atom. The minimum Gasteiger partial charge on any atom is -0.369 e. The number of anilines is 1. The van der Waals surface area contributed by atoms with Crippen LogP contribution in [0.3, 0.4) is 0 Å². The van der Waals surface area contributed by atoms with E-state index in [9.17, 15) is 14.0 Å². The average Bonchev–Trinajstić information content (AvgIpc) is 2.80. The van der Waals surface area contributed by atoms with Crippen molar-refractivity contribution in [2.45, 2.75) is 25.9 Å². The van der Waals surface area contributed by atoms with E-state index in [0.717, 1.165) is 30.6 Å². The summed E-state index contributed by atoms with van der Waals surface area (Å²) in [7, 11) is 0. The zero-order valence-electron chi connectivity index (χ0n) is 17.5. The summed E-state index contributed by atoms with van der Waals surface area (Å²) in [6, 6.07) is 15.4. The molecule has 0 radical (unpaired) electrons. The number of carbonyl (C=O) groups excluding carboxylic acids is 1. The molecule has 1 aliphatic heterocycles. The lowest BCUT2D eigenvalue weighted by Crippen LogP contribution is -2.43. The fourth-order valence-electron chi connectivity index (χ4n) is 3.89. The van der Waals surface area contributed by atoms with Crippen LogP contribution in [0.4, 0.5) is 10.1 Å². The van der Waals surface area contributed by atoms with Crippen LogP contribution < -0.4 is 15.8 Å². The van der Waals surface area contributed by atoms with E-state index in [1.54, 1.807) is 18.3 Å². The van der Waals surface area contributed by atoms with Gasteiger partial charge in [0.1, 0.15) is 5.82 Å². The molecule has 1 N–H and O–H groups in total. The van der Waals surface area contributed by atoms with E-state index < -0.39 is 5.82 Å². The number of nitrogens with one attached hydrogen (secondary N) is 1. The summed E-state index contributed by atoms with van der Waals surface area (Å²) < 4.78 is 14.6. The standard InChI is InChI=1S/C24H24ClFN4O2/c25-22-11-20(26)9-8-18(22)13-27-24(32)19-7-4-10-29(16-19)21-12-23(31)30(28-14-21)15-17-5-2-1-3-6-17/h1-3,5-6,8-9,11-12,14,19H,4,7,10,13,15-16H2,(H,27,32)/t19-/m1/s1. The van der Waals surface area contributed by atoms with Crippen molar-refractivity contribution >= 4 is 23.2 Å². The molecule has 3 aromatic rings. The highest BCUT2D eigenvalue weighted by molar-refractivity contribution is 6.31. The molecule has 0 aliphatic carbocycles. The summed E-state index contributed by atoms with van der Waals surface area (Å²) in [5.74, 6) is -0.706. The molecule has 1 amide bonds. The predicted molar refractivity (Wildman–Crippen MR) is 122 cm³/mol. The molecular formula is C24H24ClFN4O2.